The van der Waals surface area contributed by atoms with E-state index in [1.807, 2.05) is 0 Å². The van der Waals surface area contributed by atoms with Gasteiger partial charge in [0, 0.05) is 20.0 Å². The Morgan fingerprint density at radius 1 is 1.57 bits per heavy atom. The lowest BCUT2D eigenvalue weighted by Crippen LogP contribution is -2.41. The number of hydrogen-bond acceptors (Lipinski definition) is 3. The molecule has 0 fully saturated rings. The molecule has 5 heteroatoms. The molecule has 0 unspecified atom stereocenters. The molecule has 0 spiro atoms. The SMILES string of the molecule is C=CCN(CCO)C(=O)CNC(C)=O. The monoisotopic (exact) mass is 200 g/mol. The molecule has 0 atom stereocenters. The van der Waals surface area contributed by atoms with E-state index in [-0.39, 0.29) is 31.5 Å². The van der Waals surface area contributed by atoms with Crippen LogP contribution in [-0.4, -0.2) is 48.1 Å². The highest BCUT2D eigenvalue weighted by Crippen LogP contribution is 1.89. The summed E-state index contributed by atoms with van der Waals surface area (Å²) in [6, 6.07) is 0. The first kappa shape index (κ1) is 12.6. The number of nitrogens with zero attached hydrogens (tertiary/aromatic N) is 1. The molecule has 0 aliphatic carbocycles. The number of aliphatic hydroxyl groups is 1. The van der Waals surface area contributed by atoms with Gasteiger partial charge in [0.2, 0.25) is 11.8 Å². The van der Waals surface area contributed by atoms with Crippen molar-refractivity contribution >= 4 is 11.8 Å². The van der Waals surface area contributed by atoms with Crippen LogP contribution in [0.15, 0.2) is 12.7 Å². The Morgan fingerprint density at radius 2 is 2.21 bits per heavy atom. The van der Waals surface area contributed by atoms with E-state index < -0.39 is 0 Å². The van der Waals surface area contributed by atoms with E-state index in [4.69, 9.17) is 5.11 Å². The Kier molecular flexibility index (Phi) is 6.39. The van der Waals surface area contributed by atoms with E-state index in [0.717, 1.165) is 0 Å². The predicted octanol–water partition coefficient (Wildman–Crippen LogP) is -0.871. The van der Waals surface area contributed by atoms with Crippen molar-refractivity contribution in [1.82, 2.24) is 10.2 Å². The van der Waals surface area contributed by atoms with Crippen LogP contribution in [0.25, 0.3) is 0 Å². The zero-order chi connectivity index (χ0) is 11.0. The molecule has 0 bridgehead atoms. The van der Waals surface area contributed by atoms with Gasteiger partial charge in [-0.1, -0.05) is 6.08 Å². The smallest absolute Gasteiger partial charge is 0.242 e. The van der Waals surface area contributed by atoms with Gasteiger partial charge < -0.3 is 15.3 Å². The first-order valence-corrected chi connectivity index (χ1v) is 4.35. The minimum atomic E-state index is -0.249. The van der Waals surface area contributed by atoms with Gasteiger partial charge >= 0.3 is 0 Å². The Hall–Kier alpha value is -1.36. The van der Waals surface area contributed by atoms with E-state index in [1.54, 1.807) is 6.08 Å². The minimum absolute atomic E-state index is 0.0385. The Morgan fingerprint density at radius 3 is 2.64 bits per heavy atom. The molecule has 0 radical (unpaired) electrons. The summed E-state index contributed by atoms with van der Waals surface area (Å²) in [5.41, 5.74) is 0. The molecule has 2 N–H and O–H groups in total. The summed E-state index contributed by atoms with van der Waals surface area (Å²) < 4.78 is 0. The van der Waals surface area contributed by atoms with Gasteiger partial charge in [-0.2, -0.15) is 0 Å². The molecule has 0 aliphatic rings. The highest BCUT2D eigenvalue weighted by Gasteiger charge is 2.10. The van der Waals surface area contributed by atoms with Gasteiger partial charge in [0.05, 0.1) is 13.2 Å². The maximum absolute atomic E-state index is 11.4. The summed E-state index contributed by atoms with van der Waals surface area (Å²) in [4.78, 5) is 23.3. The molecular weight excluding hydrogens is 184 g/mol. The van der Waals surface area contributed by atoms with Crippen LogP contribution in [0, 0.1) is 0 Å². The standard InChI is InChI=1S/C9H16N2O3/c1-3-4-11(5-6-12)9(14)7-10-8(2)13/h3,12H,1,4-7H2,2H3,(H,10,13). The fourth-order valence-electron chi connectivity index (χ4n) is 0.906. The topological polar surface area (TPSA) is 69.6 Å². The van der Waals surface area contributed by atoms with Gasteiger partial charge in [0.1, 0.15) is 0 Å². The zero-order valence-electron chi connectivity index (χ0n) is 8.32. The van der Waals surface area contributed by atoms with Crippen LogP contribution in [0.3, 0.4) is 0 Å². The van der Waals surface area contributed by atoms with Crippen molar-refractivity contribution in [3.63, 3.8) is 0 Å². The summed E-state index contributed by atoms with van der Waals surface area (Å²) in [6.45, 7) is 5.33. The van der Waals surface area contributed by atoms with E-state index in [0.29, 0.717) is 6.54 Å². The van der Waals surface area contributed by atoms with Crippen LogP contribution in [0.4, 0.5) is 0 Å². The molecule has 5 nitrogen and oxygen atoms in total. The lowest BCUT2D eigenvalue weighted by Gasteiger charge is -2.19. The summed E-state index contributed by atoms with van der Waals surface area (Å²) in [5.74, 6) is -0.477. The van der Waals surface area contributed by atoms with Crippen molar-refractivity contribution in [2.24, 2.45) is 0 Å². The van der Waals surface area contributed by atoms with Crippen LogP contribution >= 0.6 is 0 Å². The van der Waals surface area contributed by atoms with Crippen LogP contribution in [0.1, 0.15) is 6.92 Å². The van der Waals surface area contributed by atoms with Gasteiger partial charge in [0.15, 0.2) is 0 Å². The van der Waals surface area contributed by atoms with Crippen molar-refractivity contribution in [3.8, 4) is 0 Å². The Balaban J connectivity index is 4.00. The first-order valence-electron chi connectivity index (χ1n) is 4.35. The maximum atomic E-state index is 11.4. The first-order chi connectivity index (χ1) is 6.61. The molecule has 14 heavy (non-hydrogen) atoms. The average Bonchev–Trinajstić information content (AvgIpc) is 2.14. The number of hydrogen-bond donors (Lipinski definition) is 2. The fraction of sp³-hybridized carbons (Fsp3) is 0.556. The lowest BCUT2D eigenvalue weighted by molar-refractivity contribution is -0.132. The third-order valence-corrected chi connectivity index (χ3v) is 1.56. The molecule has 0 aliphatic heterocycles. The fourth-order valence-corrected chi connectivity index (χ4v) is 0.906. The highest BCUT2D eigenvalue weighted by molar-refractivity contribution is 5.83. The quantitative estimate of drug-likeness (QED) is 0.547. The van der Waals surface area contributed by atoms with E-state index in [2.05, 4.69) is 11.9 Å². The van der Waals surface area contributed by atoms with E-state index in [9.17, 15) is 9.59 Å². The van der Waals surface area contributed by atoms with Gasteiger partial charge in [-0.05, 0) is 0 Å². The van der Waals surface area contributed by atoms with Crippen molar-refractivity contribution in [1.29, 1.82) is 0 Å². The predicted molar refractivity (Wildman–Crippen MR) is 52.5 cm³/mol. The molecule has 0 heterocycles. The van der Waals surface area contributed by atoms with E-state index in [1.165, 1.54) is 11.8 Å². The number of carbonyl (C=O) groups is 2. The van der Waals surface area contributed by atoms with Crippen molar-refractivity contribution in [2.75, 3.05) is 26.2 Å². The molecule has 0 aromatic heterocycles. The van der Waals surface area contributed by atoms with Gasteiger partial charge in [0.25, 0.3) is 0 Å². The van der Waals surface area contributed by atoms with Crippen LogP contribution < -0.4 is 5.32 Å². The third-order valence-electron chi connectivity index (χ3n) is 1.56. The summed E-state index contributed by atoms with van der Waals surface area (Å²) in [5, 5.41) is 11.1. The van der Waals surface area contributed by atoms with Gasteiger partial charge in [-0.25, -0.2) is 0 Å². The largest absolute Gasteiger partial charge is 0.395 e. The summed E-state index contributed by atoms with van der Waals surface area (Å²) in [6.07, 6.45) is 1.57. The van der Waals surface area contributed by atoms with Crippen molar-refractivity contribution in [2.45, 2.75) is 6.92 Å². The molecule has 80 valence electrons. The summed E-state index contributed by atoms with van der Waals surface area (Å²) in [7, 11) is 0. The number of nitrogens with one attached hydrogen (secondary N) is 1. The van der Waals surface area contributed by atoms with Gasteiger partial charge in [-0.15, -0.1) is 6.58 Å². The Labute approximate surface area is 83.4 Å². The minimum Gasteiger partial charge on any atom is -0.395 e. The maximum Gasteiger partial charge on any atom is 0.242 e. The second-order valence-corrected chi connectivity index (χ2v) is 2.76. The molecule has 2 amide bonds. The molecule has 0 rings (SSSR count). The molecule has 0 aromatic carbocycles. The van der Waals surface area contributed by atoms with E-state index >= 15 is 0 Å². The second-order valence-electron chi connectivity index (χ2n) is 2.76. The molecule has 0 saturated carbocycles. The highest BCUT2D eigenvalue weighted by atomic mass is 16.3. The second kappa shape index (κ2) is 7.08. The molecule has 0 aromatic rings. The number of amides is 2. The normalized spacial score (nSPS) is 9.29. The van der Waals surface area contributed by atoms with Crippen molar-refractivity contribution in [3.05, 3.63) is 12.7 Å². The third kappa shape index (κ3) is 5.31. The number of aliphatic hydroxyl groups excluding tert-OH is 1. The van der Waals surface area contributed by atoms with Gasteiger partial charge in [-0.3, -0.25) is 9.59 Å². The number of rotatable bonds is 6. The van der Waals surface area contributed by atoms with Crippen molar-refractivity contribution < 1.29 is 14.7 Å². The number of carbonyl (C=O) groups excluding carboxylic acids is 2. The lowest BCUT2D eigenvalue weighted by atomic mass is 10.4. The Bertz CT molecular complexity index is 216. The molecular formula is C9H16N2O3. The average molecular weight is 200 g/mol. The summed E-state index contributed by atoms with van der Waals surface area (Å²) >= 11 is 0. The molecule has 0 saturated heterocycles. The van der Waals surface area contributed by atoms with Crippen LogP contribution in [0.5, 0.6) is 0 Å². The van der Waals surface area contributed by atoms with Crippen LogP contribution in [-0.2, 0) is 9.59 Å². The van der Waals surface area contributed by atoms with Crippen LogP contribution in [0.2, 0.25) is 0 Å². The zero-order valence-corrected chi connectivity index (χ0v) is 8.32.